The van der Waals surface area contributed by atoms with E-state index in [4.69, 9.17) is 11.6 Å². The van der Waals surface area contributed by atoms with Crippen molar-refractivity contribution < 1.29 is 0 Å². The second kappa shape index (κ2) is 5.56. The largest absolute Gasteiger partial charge is 0.343 e. The van der Waals surface area contributed by atoms with Crippen molar-refractivity contribution in [3.63, 3.8) is 0 Å². The van der Waals surface area contributed by atoms with Crippen LogP contribution < -0.4 is 4.90 Å². The molecule has 0 unspecified atom stereocenters. The molecule has 88 valence electrons. The van der Waals surface area contributed by atoms with Gasteiger partial charge in [0.2, 0.25) is 0 Å². The Morgan fingerprint density at radius 1 is 1.12 bits per heavy atom. The summed E-state index contributed by atoms with van der Waals surface area (Å²) >= 11 is 9.72. The Morgan fingerprint density at radius 2 is 1.82 bits per heavy atom. The van der Waals surface area contributed by atoms with Crippen LogP contribution >= 0.6 is 27.5 Å². The van der Waals surface area contributed by atoms with Gasteiger partial charge in [-0.2, -0.15) is 0 Å². The molecule has 0 aliphatic rings. The van der Waals surface area contributed by atoms with E-state index in [1.54, 1.807) is 0 Å². The van der Waals surface area contributed by atoms with Crippen molar-refractivity contribution in [1.29, 1.82) is 0 Å². The fraction of sp³-hybridized carbons (Fsp3) is 0.143. The van der Waals surface area contributed by atoms with Crippen LogP contribution in [-0.4, -0.2) is 7.05 Å². The Labute approximate surface area is 115 Å². The molecule has 17 heavy (non-hydrogen) atoms. The van der Waals surface area contributed by atoms with Gasteiger partial charge in [-0.25, -0.2) is 0 Å². The molecular weight excluding hydrogens is 298 g/mol. The lowest BCUT2D eigenvalue weighted by atomic mass is 10.2. The van der Waals surface area contributed by atoms with Gasteiger partial charge < -0.3 is 4.90 Å². The third kappa shape index (κ3) is 2.82. The molecule has 0 aliphatic carbocycles. The van der Waals surface area contributed by atoms with E-state index in [1.807, 2.05) is 37.4 Å². The number of para-hydroxylation sites is 1. The van der Waals surface area contributed by atoms with Gasteiger partial charge in [0.15, 0.2) is 0 Å². The molecule has 0 atom stereocenters. The topological polar surface area (TPSA) is 3.24 Å². The molecule has 0 aromatic heterocycles. The molecule has 0 fully saturated rings. The van der Waals surface area contributed by atoms with Crippen LogP contribution in [0.1, 0.15) is 5.56 Å². The van der Waals surface area contributed by atoms with E-state index in [2.05, 4.69) is 39.0 Å². The summed E-state index contributed by atoms with van der Waals surface area (Å²) in [4.78, 5) is 2.08. The molecule has 2 aromatic carbocycles. The molecule has 0 N–H and O–H groups in total. The SMILES string of the molecule is CN(c1ccccc1)c1ccc(CBr)cc1Cl. The first-order chi connectivity index (χ1) is 8.22. The van der Waals surface area contributed by atoms with Gasteiger partial charge in [-0.3, -0.25) is 0 Å². The Balaban J connectivity index is 2.34. The predicted octanol–water partition coefficient (Wildman–Crippen LogP) is 5.00. The molecule has 0 saturated carbocycles. The number of nitrogens with zero attached hydrogens (tertiary/aromatic N) is 1. The molecule has 0 aliphatic heterocycles. The van der Waals surface area contributed by atoms with Gasteiger partial charge in [0.05, 0.1) is 10.7 Å². The van der Waals surface area contributed by atoms with Gasteiger partial charge in [-0.15, -0.1) is 0 Å². The van der Waals surface area contributed by atoms with Gasteiger partial charge in [0, 0.05) is 18.1 Å². The number of hydrogen-bond donors (Lipinski definition) is 0. The van der Waals surface area contributed by atoms with Crippen LogP contribution in [0.4, 0.5) is 11.4 Å². The minimum Gasteiger partial charge on any atom is -0.343 e. The van der Waals surface area contributed by atoms with Crippen molar-refractivity contribution in [3.05, 3.63) is 59.1 Å². The zero-order valence-corrected chi connectivity index (χ0v) is 11.9. The summed E-state index contributed by atoms with van der Waals surface area (Å²) in [6.45, 7) is 0. The van der Waals surface area contributed by atoms with Crippen molar-refractivity contribution >= 4 is 38.9 Å². The summed E-state index contributed by atoms with van der Waals surface area (Å²) in [5.41, 5.74) is 3.32. The van der Waals surface area contributed by atoms with Crippen molar-refractivity contribution in [2.75, 3.05) is 11.9 Å². The van der Waals surface area contributed by atoms with E-state index < -0.39 is 0 Å². The van der Waals surface area contributed by atoms with Crippen molar-refractivity contribution in [1.82, 2.24) is 0 Å². The highest BCUT2D eigenvalue weighted by Gasteiger charge is 2.08. The van der Waals surface area contributed by atoms with Crippen molar-refractivity contribution in [2.45, 2.75) is 5.33 Å². The number of anilines is 2. The van der Waals surface area contributed by atoms with Crippen LogP contribution in [-0.2, 0) is 5.33 Å². The zero-order valence-electron chi connectivity index (χ0n) is 9.53. The number of halogens is 2. The van der Waals surface area contributed by atoms with E-state index >= 15 is 0 Å². The Bertz CT molecular complexity index is 499. The van der Waals surface area contributed by atoms with E-state index in [0.717, 1.165) is 21.7 Å². The highest BCUT2D eigenvalue weighted by Crippen LogP contribution is 2.31. The lowest BCUT2D eigenvalue weighted by Crippen LogP contribution is -2.09. The standard InChI is InChI=1S/C14H13BrClN/c1-17(12-5-3-2-4-6-12)14-8-7-11(10-15)9-13(14)16/h2-9H,10H2,1H3. The van der Waals surface area contributed by atoms with E-state index in [-0.39, 0.29) is 0 Å². The fourth-order valence-corrected chi connectivity index (χ4v) is 2.37. The van der Waals surface area contributed by atoms with E-state index in [0.29, 0.717) is 0 Å². The van der Waals surface area contributed by atoms with Crippen LogP contribution in [0, 0.1) is 0 Å². The number of rotatable bonds is 3. The fourth-order valence-electron chi connectivity index (χ4n) is 1.70. The molecule has 0 heterocycles. The van der Waals surface area contributed by atoms with E-state index in [9.17, 15) is 0 Å². The second-order valence-corrected chi connectivity index (χ2v) is 4.78. The van der Waals surface area contributed by atoms with Crippen LogP contribution in [0.15, 0.2) is 48.5 Å². The molecule has 0 saturated heterocycles. The third-order valence-corrected chi connectivity index (χ3v) is 3.62. The summed E-state index contributed by atoms with van der Waals surface area (Å²) in [6, 6.07) is 16.3. The molecule has 0 bridgehead atoms. The van der Waals surface area contributed by atoms with Gasteiger partial charge in [-0.05, 0) is 29.8 Å². The molecule has 2 rings (SSSR count). The Hall–Kier alpha value is -0.990. The predicted molar refractivity (Wildman–Crippen MR) is 78.6 cm³/mol. The lowest BCUT2D eigenvalue weighted by molar-refractivity contribution is 1.20. The van der Waals surface area contributed by atoms with Crippen molar-refractivity contribution in [3.8, 4) is 0 Å². The lowest BCUT2D eigenvalue weighted by Gasteiger charge is -2.21. The van der Waals surface area contributed by atoms with Crippen LogP contribution in [0.2, 0.25) is 5.02 Å². The average molecular weight is 311 g/mol. The summed E-state index contributed by atoms with van der Waals surface area (Å²) in [5.74, 6) is 0. The number of alkyl halides is 1. The van der Waals surface area contributed by atoms with Gasteiger partial charge in [0.25, 0.3) is 0 Å². The summed E-state index contributed by atoms with van der Waals surface area (Å²) in [6.07, 6.45) is 0. The molecule has 1 nitrogen and oxygen atoms in total. The van der Waals surface area contributed by atoms with Crippen LogP contribution in [0.25, 0.3) is 0 Å². The minimum atomic E-state index is 0.772. The molecular formula is C14H13BrClN. The molecule has 0 radical (unpaired) electrons. The molecule has 0 spiro atoms. The first-order valence-corrected chi connectivity index (χ1v) is 6.85. The smallest absolute Gasteiger partial charge is 0.0646 e. The maximum absolute atomic E-state index is 6.29. The normalized spacial score (nSPS) is 10.3. The van der Waals surface area contributed by atoms with Gasteiger partial charge >= 0.3 is 0 Å². The van der Waals surface area contributed by atoms with Crippen molar-refractivity contribution in [2.24, 2.45) is 0 Å². The monoisotopic (exact) mass is 309 g/mol. The highest BCUT2D eigenvalue weighted by atomic mass is 79.9. The Kier molecular flexibility index (Phi) is 4.08. The first kappa shape index (κ1) is 12.5. The van der Waals surface area contributed by atoms with Crippen LogP contribution in [0.5, 0.6) is 0 Å². The number of benzene rings is 2. The summed E-state index contributed by atoms with van der Waals surface area (Å²) in [7, 11) is 2.02. The Morgan fingerprint density at radius 3 is 2.41 bits per heavy atom. The second-order valence-electron chi connectivity index (χ2n) is 3.81. The molecule has 2 aromatic rings. The van der Waals surface area contributed by atoms with Gasteiger partial charge in [0.1, 0.15) is 0 Å². The highest BCUT2D eigenvalue weighted by molar-refractivity contribution is 9.08. The third-order valence-electron chi connectivity index (χ3n) is 2.67. The molecule has 0 amide bonds. The molecule has 3 heteroatoms. The van der Waals surface area contributed by atoms with Crippen LogP contribution in [0.3, 0.4) is 0 Å². The minimum absolute atomic E-state index is 0.772. The summed E-state index contributed by atoms with van der Waals surface area (Å²) in [5, 5.41) is 1.59. The maximum Gasteiger partial charge on any atom is 0.0646 e. The zero-order chi connectivity index (χ0) is 12.3. The first-order valence-electron chi connectivity index (χ1n) is 5.35. The number of hydrogen-bond acceptors (Lipinski definition) is 1. The van der Waals surface area contributed by atoms with E-state index in [1.165, 1.54) is 5.56 Å². The maximum atomic E-state index is 6.29. The summed E-state index contributed by atoms with van der Waals surface area (Å²) < 4.78 is 0. The average Bonchev–Trinajstić information content (AvgIpc) is 2.39. The quantitative estimate of drug-likeness (QED) is 0.721. The van der Waals surface area contributed by atoms with Gasteiger partial charge in [-0.1, -0.05) is 51.8 Å².